The minimum atomic E-state index is -0.525. The fourth-order valence-electron chi connectivity index (χ4n) is 1.67. The van der Waals surface area contributed by atoms with E-state index in [4.69, 9.17) is 10.5 Å². The first-order chi connectivity index (χ1) is 7.70. The van der Waals surface area contributed by atoms with Crippen molar-refractivity contribution in [2.75, 3.05) is 26.7 Å². The van der Waals surface area contributed by atoms with Crippen molar-refractivity contribution in [2.45, 2.75) is 32.4 Å². The monoisotopic (exact) mass is 243 g/mol. The second kappa shape index (κ2) is 4.91. The summed E-state index contributed by atoms with van der Waals surface area (Å²) in [6.45, 7) is 6.90. The topological polar surface area (TPSA) is 75.9 Å². The number of nitrogens with two attached hydrogens (primary N) is 1. The molecular weight excluding hydrogens is 222 g/mol. The van der Waals surface area contributed by atoms with Gasteiger partial charge in [-0.3, -0.25) is 9.69 Å². The van der Waals surface area contributed by atoms with E-state index in [-0.39, 0.29) is 0 Å². The molecule has 98 valence electrons. The third-order valence-corrected chi connectivity index (χ3v) is 2.63. The highest BCUT2D eigenvalue weighted by Gasteiger charge is 2.32. The van der Waals surface area contributed by atoms with Gasteiger partial charge in [0.05, 0.1) is 0 Å². The van der Waals surface area contributed by atoms with Gasteiger partial charge in [-0.2, -0.15) is 0 Å². The number of amides is 2. The van der Waals surface area contributed by atoms with Crippen LogP contribution in [0.25, 0.3) is 0 Å². The van der Waals surface area contributed by atoms with E-state index in [1.165, 1.54) is 4.90 Å². The summed E-state index contributed by atoms with van der Waals surface area (Å²) in [6.07, 6.45) is -0.392. The molecule has 2 N–H and O–H groups in total. The van der Waals surface area contributed by atoms with Gasteiger partial charge in [0.25, 0.3) is 0 Å². The Morgan fingerprint density at radius 1 is 1.29 bits per heavy atom. The Bertz CT molecular complexity index is 312. The van der Waals surface area contributed by atoms with Crippen molar-refractivity contribution in [3.05, 3.63) is 0 Å². The van der Waals surface area contributed by atoms with Crippen LogP contribution in [0.5, 0.6) is 0 Å². The Labute approximate surface area is 102 Å². The molecule has 17 heavy (non-hydrogen) atoms. The molecular formula is C11H21N3O3. The van der Waals surface area contributed by atoms with Crippen LogP contribution in [0, 0.1) is 0 Å². The van der Waals surface area contributed by atoms with Crippen LogP contribution >= 0.6 is 0 Å². The lowest BCUT2D eigenvalue weighted by molar-refractivity contribution is -0.124. The van der Waals surface area contributed by atoms with Gasteiger partial charge in [-0.25, -0.2) is 4.79 Å². The first-order valence-electron chi connectivity index (χ1n) is 5.68. The van der Waals surface area contributed by atoms with E-state index in [0.717, 1.165) is 0 Å². The number of hydrogen-bond acceptors (Lipinski definition) is 4. The fraction of sp³-hybridized carbons (Fsp3) is 0.818. The molecule has 0 aromatic heterocycles. The van der Waals surface area contributed by atoms with Gasteiger partial charge < -0.3 is 15.4 Å². The summed E-state index contributed by atoms with van der Waals surface area (Å²) in [4.78, 5) is 26.4. The zero-order valence-electron chi connectivity index (χ0n) is 10.9. The van der Waals surface area contributed by atoms with E-state index in [2.05, 4.69) is 0 Å². The fourth-order valence-corrected chi connectivity index (χ4v) is 1.67. The minimum Gasteiger partial charge on any atom is -0.444 e. The van der Waals surface area contributed by atoms with Crippen molar-refractivity contribution in [1.29, 1.82) is 0 Å². The Kier molecular flexibility index (Phi) is 3.98. The molecule has 2 amide bonds. The summed E-state index contributed by atoms with van der Waals surface area (Å²) >= 11 is 0. The summed E-state index contributed by atoms with van der Waals surface area (Å²) in [7, 11) is 1.82. The lowest BCUT2D eigenvalue weighted by Crippen LogP contribution is -2.58. The largest absolute Gasteiger partial charge is 0.444 e. The van der Waals surface area contributed by atoms with Crippen molar-refractivity contribution in [3.63, 3.8) is 0 Å². The SMILES string of the molecule is CN1CCN(C(=O)OC(C)(C)C)C[C@H]1C(N)=O. The third kappa shape index (κ3) is 3.89. The van der Waals surface area contributed by atoms with Gasteiger partial charge in [0, 0.05) is 19.6 Å². The van der Waals surface area contributed by atoms with Crippen LogP contribution in [0.2, 0.25) is 0 Å². The van der Waals surface area contributed by atoms with Crippen LogP contribution in [-0.2, 0) is 9.53 Å². The highest BCUT2D eigenvalue weighted by Crippen LogP contribution is 2.13. The van der Waals surface area contributed by atoms with Crippen molar-refractivity contribution in [1.82, 2.24) is 9.80 Å². The number of piperazine rings is 1. The van der Waals surface area contributed by atoms with E-state index >= 15 is 0 Å². The Balaban J connectivity index is 2.62. The Morgan fingerprint density at radius 3 is 2.35 bits per heavy atom. The molecule has 0 radical (unpaired) electrons. The standard InChI is InChI=1S/C11H21N3O3/c1-11(2,3)17-10(16)14-6-5-13(4)8(7-14)9(12)15/h8H,5-7H2,1-4H3,(H2,12,15)/t8-/m0/s1. The maximum atomic E-state index is 11.8. The molecule has 0 bridgehead atoms. The smallest absolute Gasteiger partial charge is 0.410 e. The second-order valence-corrected chi connectivity index (χ2v) is 5.33. The Morgan fingerprint density at radius 2 is 1.88 bits per heavy atom. The zero-order chi connectivity index (χ0) is 13.2. The normalized spacial score (nSPS) is 22.4. The number of carbonyl (C=O) groups excluding carboxylic acids is 2. The average molecular weight is 243 g/mol. The summed E-state index contributed by atoms with van der Waals surface area (Å²) in [5, 5.41) is 0. The molecule has 1 heterocycles. The maximum absolute atomic E-state index is 11.8. The predicted molar refractivity (Wildman–Crippen MR) is 63.4 cm³/mol. The number of ether oxygens (including phenoxy) is 1. The van der Waals surface area contributed by atoms with Crippen LogP contribution in [0.4, 0.5) is 4.79 Å². The van der Waals surface area contributed by atoms with E-state index in [1.807, 2.05) is 32.7 Å². The van der Waals surface area contributed by atoms with Crippen molar-refractivity contribution in [2.24, 2.45) is 5.73 Å². The molecule has 1 saturated heterocycles. The van der Waals surface area contributed by atoms with Crippen LogP contribution < -0.4 is 5.73 Å². The van der Waals surface area contributed by atoms with Gasteiger partial charge in [-0.1, -0.05) is 0 Å². The zero-order valence-corrected chi connectivity index (χ0v) is 10.9. The molecule has 1 atom stereocenters. The second-order valence-electron chi connectivity index (χ2n) is 5.33. The molecule has 1 rings (SSSR count). The maximum Gasteiger partial charge on any atom is 0.410 e. The number of likely N-dealkylation sites (N-methyl/N-ethyl adjacent to an activating group) is 1. The van der Waals surface area contributed by atoms with Crippen molar-refractivity contribution in [3.8, 4) is 0 Å². The number of primary amides is 1. The van der Waals surface area contributed by atoms with Crippen LogP contribution in [0.1, 0.15) is 20.8 Å². The van der Waals surface area contributed by atoms with Gasteiger partial charge in [0.2, 0.25) is 5.91 Å². The number of rotatable bonds is 1. The van der Waals surface area contributed by atoms with Crippen LogP contribution in [0.3, 0.4) is 0 Å². The first-order valence-corrected chi connectivity index (χ1v) is 5.68. The highest BCUT2D eigenvalue weighted by atomic mass is 16.6. The Hall–Kier alpha value is -1.30. The summed E-state index contributed by atoms with van der Waals surface area (Å²) in [5.74, 6) is -0.416. The van der Waals surface area contributed by atoms with Gasteiger partial charge in [0.1, 0.15) is 11.6 Å². The van der Waals surface area contributed by atoms with Gasteiger partial charge in [0.15, 0.2) is 0 Å². The van der Waals surface area contributed by atoms with Crippen LogP contribution in [0.15, 0.2) is 0 Å². The molecule has 0 aromatic carbocycles. The third-order valence-electron chi connectivity index (χ3n) is 2.63. The van der Waals surface area contributed by atoms with Gasteiger partial charge >= 0.3 is 6.09 Å². The molecule has 0 spiro atoms. The summed E-state index contributed by atoms with van der Waals surface area (Å²) < 4.78 is 5.26. The lowest BCUT2D eigenvalue weighted by atomic mass is 10.1. The molecule has 6 nitrogen and oxygen atoms in total. The first kappa shape index (κ1) is 13.8. The summed E-state index contributed by atoms with van der Waals surface area (Å²) in [5.41, 5.74) is 4.76. The van der Waals surface area contributed by atoms with E-state index in [0.29, 0.717) is 19.6 Å². The van der Waals surface area contributed by atoms with Gasteiger partial charge in [-0.05, 0) is 27.8 Å². The quantitative estimate of drug-likeness (QED) is 0.704. The molecule has 1 aliphatic rings. The van der Waals surface area contributed by atoms with Crippen molar-refractivity contribution < 1.29 is 14.3 Å². The molecule has 1 fully saturated rings. The molecule has 6 heteroatoms. The highest BCUT2D eigenvalue weighted by molar-refractivity contribution is 5.81. The molecule has 0 aromatic rings. The summed E-state index contributed by atoms with van der Waals surface area (Å²) in [6, 6.07) is -0.434. The number of carbonyl (C=O) groups is 2. The number of hydrogen-bond donors (Lipinski definition) is 1. The molecule has 0 aliphatic carbocycles. The van der Waals surface area contributed by atoms with E-state index in [9.17, 15) is 9.59 Å². The van der Waals surface area contributed by atoms with Crippen LogP contribution in [-0.4, -0.2) is 60.1 Å². The predicted octanol–water partition coefficient (Wildman–Crippen LogP) is 0.0228. The lowest BCUT2D eigenvalue weighted by Gasteiger charge is -2.38. The van der Waals surface area contributed by atoms with Crippen molar-refractivity contribution >= 4 is 12.0 Å². The molecule has 0 saturated carbocycles. The van der Waals surface area contributed by atoms with E-state index < -0.39 is 23.6 Å². The molecule has 1 aliphatic heterocycles. The molecule has 0 unspecified atom stereocenters. The number of nitrogens with zero attached hydrogens (tertiary/aromatic N) is 2. The minimum absolute atomic E-state index is 0.292. The van der Waals surface area contributed by atoms with Gasteiger partial charge in [-0.15, -0.1) is 0 Å². The van der Waals surface area contributed by atoms with E-state index in [1.54, 1.807) is 0 Å². The average Bonchev–Trinajstić information content (AvgIpc) is 2.14.